The fraction of sp³-hybridized carbons (Fsp3) is 0.500. The molecule has 0 spiro atoms. The molecule has 1 saturated heterocycles. The fourth-order valence-electron chi connectivity index (χ4n) is 4.01. The van der Waals surface area contributed by atoms with E-state index in [1.165, 1.54) is 0 Å². The maximum absolute atomic E-state index is 12.6. The lowest BCUT2D eigenvalue weighted by Gasteiger charge is -2.33. The Bertz CT molecular complexity index is 895. The summed E-state index contributed by atoms with van der Waals surface area (Å²) in [5.74, 6) is 2.36. The standard InChI is InChI=1S/C22H28N4O4/c1-15-12-18-19(14-26(22(18)27)10-11-28-2)24-21(15)25-8-6-16(7-9-25)30-17-4-5-20(29-3)23-13-17/h4-5,12-13,16H,6-11,14H2,1-3H3. The molecule has 4 heterocycles. The summed E-state index contributed by atoms with van der Waals surface area (Å²) in [6.45, 7) is 5.42. The molecule has 1 fully saturated rings. The van der Waals surface area contributed by atoms with E-state index in [1.54, 1.807) is 31.4 Å². The molecule has 0 aromatic carbocycles. The lowest BCUT2D eigenvalue weighted by atomic mass is 10.1. The van der Waals surface area contributed by atoms with Crippen LogP contribution in [0.15, 0.2) is 24.4 Å². The number of carbonyl (C=O) groups is 1. The summed E-state index contributed by atoms with van der Waals surface area (Å²) in [5.41, 5.74) is 2.62. The van der Waals surface area contributed by atoms with Gasteiger partial charge < -0.3 is 24.0 Å². The van der Waals surface area contributed by atoms with Crippen molar-refractivity contribution in [1.29, 1.82) is 0 Å². The Balaban J connectivity index is 1.39. The minimum atomic E-state index is 0.0457. The maximum atomic E-state index is 12.6. The zero-order chi connectivity index (χ0) is 21.1. The fourth-order valence-corrected chi connectivity index (χ4v) is 4.01. The van der Waals surface area contributed by atoms with Crippen LogP contribution in [0.25, 0.3) is 0 Å². The molecule has 4 rings (SSSR count). The first-order valence-electron chi connectivity index (χ1n) is 10.3. The van der Waals surface area contributed by atoms with Crippen LogP contribution in [0.3, 0.4) is 0 Å². The van der Waals surface area contributed by atoms with Gasteiger partial charge in [0, 0.05) is 45.7 Å². The normalized spacial score (nSPS) is 16.7. The second kappa shape index (κ2) is 8.87. The predicted molar refractivity (Wildman–Crippen MR) is 112 cm³/mol. The minimum absolute atomic E-state index is 0.0457. The summed E-state index contributed by atoms with van der Waals surface area (Å²) >= 11 is 0. The Labute approximate surface area is 176 Å². The van der Waals surface area contributed by atoms with Gasteiger partial charge in [-0.25, -0.2) is 9.97 Å². The highest BCUT2D eigenvalue weighted by molar-refractivity contribution is 5.98. The van der Waals surface area contributed by atoms with Gasteiger partial charge in [0.15, 0.2) is 0 Å². The quantitative estimate of drug-likeness (QED) is 0.691. The summed E-state index contributed by atoms with van der Waals surface area (Å²) in [6.07, 6.45) is 3.66. The number of anilines is 1. The monoisotopic (exact) mass is 412 g/mol. The molecule has 0 N–H and O–H groups in total. The van der Waals surface area contributed by atoms with Crippen LogP contribution in [0.4, 0.5) is 5.82 Å². The molecule has 0 aliphatic carbocycles. The Morgan fingerprint density at radius 2 is 2.00 bits per heavy atom. The lowest BCUT2D eigenvalue weighted by molar-refractivity contribution is 0.0718. The van der Waals surface area contributed by atoms with Crippen molar-refractivity contribution >= 4 is 11.7 Å². The number of aryl methyl sites for hydroxylation is 1. The Kier molecular flexibility index (Phi) is 6.03. The summed E-state index contributed by atoms with van der Waals surface area (Å²) < 4.78 is 16.3. The highest BCUT2D eigenvalue weighted by atomic mass is 16.5. The van der Waals surface area contributed by atoms with Gasteiger partial charge in [0.05, 0.1) is 37.7 Å². The molecule has 0 radical (unpaired) electrons. The van der Waals surface area contributed by atoms with Gasteiger partial charge in [0.1, 0.15) is 17.7 Å². The Morgan fingerprint density at radius 1 is 1.20 bits per heavy atom. The van der Waals surface area contributed by atoms with Crippen molar-refractivity contribution in [2.45, 2.75) is 32.4 Å². The van der Waals surface area contributed by atoms with Crippen molar-refractivity contribution in [3.8, 4) is 11.6 Å². The molecule has 8 heteroatoms. The summed E-state index contributed by atoms with van der Waals surface area (Å²) in [4.78, 5) is 25.7. The topological polar surface area (TPSA) is 77.0 Å². The van der Waals surface area contributed by atoms with Gasteiger partial charge in [-0.3, -0.25) is 4.79 Å². The Hall–Kier alpha value is -2.87. The molecule has 160 valence electrons. The molecule has 2 aromatic rings. The van der Waals surface area contributed by atoms with Crippen molar-refractivity contribution in [1.82, 2.24) is 14.9 Å². The van der Waals surface area contributed by atoms with Gasteiger partial charge in [-0.05, 0) is 24.6 Å². The van der Waals surface area contributed by atoms with Gasteiger partial charge in [0.25, 0.3) is 5.91 Å². The van der Waals surface area contributed by atoms with Crippen LogP contribution >= 0.6 is 0 Å². The van der Waals surface area contributed by atoms with E-state index in [9.17, 15) is 4.79 Å². The third-order valence-electron chi connectivity index (χ3n) is 5.65. The van der Waals surface area contributed by atoms with E-state index in [2.05, 4.69) is 9.88 Å². The van der Waals surface area contributed by atoms with Crippen LogP contribution in [0, 0.1) is 6.92 Å². The number of carbonyl (C=O) groups excluding carboxylic acids is 1. The largest absolute Gasteiger partial charge is 0.489 e. The molecule has 1 amide bonds. The van der Waals surface area contributed by atoms with E-state index < -0.39 is 0 Å². The van der Waals surface area contributed by atoms with Crippen molar-refractivity contribution in [2.24, 2.45) is 0 Å². The van der Waals surface area contributed by atoms with Crippen LogP contribution in [0.1, 0.15) is 34.5 Å². The molecule has 30 heavy (non-hydrogen) atoms. The summed E-state index contributed by atoms with van der Waals surface area (Å²) in [7, 11) is 3.24. The predicted octanol–water partition coefficient (Wildman–Crippen LogP) is 2.44. The second-order valence-corrected chi connectivity index (χ2v) is 7.68. The number of ether oxygens (including phenoxy) is 3. The molecule has 2 aliphatic heterocycles. The van der Waals surface area contributed by atoms with Crippen LogP contribution in [0.5, 0.6) is 11.6 Å². The van der Waals surface area contributed by atoms with Gasteiger partial charge in [-0.2, -0.15) is 0 Å². The van der Waals surface area contributed by atoms with Crippen molar-refractivity contribution in [3.63, 3.8) is 0 Å². The van der Waals surface area contributed by atoms with Gasteiger partial charge in [0.2, 0.25) is 5.88 Å². The SMILES string of the molecule is COCCN1Cc2nc(N3CCC(Oc4ccc(OC)nc4)CC3)c(C)cc2C1=O. The number of amides is 1. The van der Waals surface area contributed by atoms with E-state index >= 15 is 0 Å². The zero-order valence-electron chi connectivity index (χ0n) is 17.8. The zero-order valence-corrected chi connectivity index (χ0v) is 17.8. The number of methoxy groups -OCH3 is 2. The number of pyridine rings is 2. The number of hydrogen-bond acceptors (Lipinski definition) is 7. The number of fused-ring (bicyclic) bond motifs is 1. The molecule has 0 atom stereocenters. The minimum Gasteiger partial charge on any atom is -0.489 e. The average molecular weight is 412 g/mol. The highest BCUT2D eigenvalue weighted by Crippen LogP contribution is 2.29. The highest BCUT2D eigenvalue weighted by Gasteiger charge is 2.31. The smallest absolute Gasteiger partial charge is 0.256 e. The Morgan fingerprint density at radius 3 is 2.67 bits per heavy atom. The molecule has 2 aliphatic rings. The van der Waals surface area contributed by atoms with E-state index in [-0.39, 0.29) is 12.0 Å². The van der Waals surface area contributed by atoms with Crippen LogP contribution in [-0.2, 0) is 11.3 Å². The molecule has 2 aromatic heterocycles. The van der Waals surface area contributed by atoms with Crippen molar-refractivity contribution < 1.29 is 19.0 Å². The van der Waals surface area contributed by atoms with E-state index in [0.717, 1.165) is 54.3 Å². The number of rotatable bonds is 7. The number of piperidine rings is 1. The summed E-state index contributed by atoms with van der Waals surface area (Å²) in [6, 6.07) is 5.68. The van der Waals surface area contributed by atoms with Gasteiger partial charge >= 0.3 is 0 Å². The molecule has 0 unspecified atom stereocenters. The van der Waals surface area contributed by atoms with Gasteiger partial charge in [-0.1, -0.05) is 0 Å². The van der Waals surface area contributed by atoms with Crippen molar-refractivity contribution in [3.05, 3.63) is 41.2 Å². The van der Waals surface area contributed by atoms with Crippen LogP contribution in [0.2, 0.25) is 0 Å². The first-order chi connectivity index (χ1) is 14.6. The van der Waals surface area contributed by atoms with E-state index in [4.69, 9.17) is 19.2 Å². The molecular formula is C22H28N4O4. The van der Waals surface area contributed by atoms with E-state index in [0.29, 0.717) is 25.6 Å². The molecule has 0 saturated carbocycles. The van der Waals surface area contributed by atoms with Crippen LogP contribution < -0.4 is 14.4 Å². The molecule has 8 nitrogen and oxygen atoms in total. The van der Waals surface area contributed by atoms with E-state index in [1.807, 2.05) is 19.1 Å². The third kappa shape index (κ3) is 4.18. The summed E-state index contributed by atoms with van der Waals surface area (Å²) in [5, 5.41) is 0. The van der Waals surface area contributed by atoms with Crippen molar-refractivity contribution in [2.75, 3.05) is 45.4 Å². The molecular weight excluding hydrogens is 384 g/mol. The number of nitrogens with zero attached hydrogens (tertiary/aromatic N) is 4. The number of aromatic nitrogens is 2. The third-order valence-corrected chi connectivity index (χ3v) is 5.65. The molecule has 0 bridgehead atoms. The average Bonchev–Trinajstić information content (AvgIpc) is 3.07. The second-order valence-electron chi connectivity index (χ2n) is 7.68. The maximum Gasteiger partial charge on any atom is 0.256 e. The first-order valence-corrected chi connectivity index (χ1v) is 10.3. The number of hydrogen-bond donors (Lipinski definition) is 0. The first kappa shape index (κ1) is 20.4. The lowest BCUT2D eigenvalue weighted by Crippen LogP contribution is -2.39. The van der Waals surface area contributed by atoms with Crippen LogP contribution in [-0.4, -0.2) is 67.3 Å². The van der Waals surface area contributed by atoms with Gasteiger partial charge in [-0.15, -0.1) is 0 Å².